The zero-order chi connectivity index (χ0) is 24.5. The van der Waals surface area contributed by atoms with E-state index in [0.717, 1.165) is 34.8 Å². The van der Waals surface area contributed by atoms with Gasteiger partial charge in [-0.2, -0.15) is 0 Å². The molecule has 2 aromatic heterocycles. The summed E-state index contributed by atoms with van der Waals surface area (Å²) in [6.07, 6.45) is 5.08. The van der Waals surface area contributed by atoms with Crippen molar-refractivity contribution >= 4 is 43.6 Å². The third kappa shape index (κ3) is 3.96. The number of hydrogen-bond acceptors (Lipinski definition) is 4. The van der Waals surface area contributed by atoms with Crippen LogP contribution in [0.4, 0.5) is 4.79 Å². The van der Waals surface area contributed by atoms with E-state index in [9.17, 15) is 18.3 Å². The number of fused-ring (bicyclic) bond motifs is 3. The molecular formula is C25H30N4O4S. The van der Waals surface area contributed by atoms with Gasteiger partial charge in [0, 0.05) is 40.6 Å². The molecular weight excluding hydrogens is 452 g/mol. The van der Waals surface area contributed by atoms with Crippen molar-refractivity contribution in [3.05, 3.63) is 42.1 Å². The van der Waals surface area contributed by atoms with E-state index < -0.39 is 16.1 Å². The van der Waals surface area contributed by atoms with Crippen LogP contribution in [0.1, 0.15) is 52.5 Å². The maximum atomic E-state index is 12.9. The number of aromatic amines is 1. The normalized spacial score (nSPS) is 20.5. The molecule has 180 valence electrons. The highest BCUT2D eigenvalue weighted by atomic mass is 32.2. The van der Waals surface area contributed by atoms with Crippen LogP contribution in [-0.2, 0) is 10.0 Å². The van der Waals surface area contributed by atoms with Gasteiger partial charge in [0.2, 0.25) is 10.0 Å². The molecule has 9 heteroatoms. The molecule has 0 saturated heterocycles. The molecule has 0 bridgehead atoms. The Labute approximate surface area is 199 Å². The first-order valence-electron chi connectivity index (χ1n) is 11.5. The highest BCUT2D eigenvalue weighted by Crippen LogP contribution is 2.40. The first kappa shape index (κ1) is 22.9. The van der Waals surface area contributed by atoms with E-state index in [1.165, 1.54) is 4.90 Å². The van der Waals surface area contributed by atoms with Gasteiger partial charge in [0.15, 0.2) is 0 Å². The van der Waals surface area contributed by atoms with Crippen LogP contribution in [-0.4, -0.2) is 52.6 Å². The zero-order valence-electron chi connectivity index (χ0n) is 19.8. The van der Waals surface area contributed by atoms with E-state index in [0.29, 0.717) is 24.1 Å². The van der Waals surface area contributed by atoms with Crippen LogP contribution in [0.5, 0.6) is 0 Å². The number of carbonyl (C=O) groups is 1. The summed E-state index contributed by atoms with van der Waals surface area (Å²) in [7, 11) is -3.62. The molecule has 3 aromatic rings. The predicted octanol–water partition coefficient (Wildman–Crippen LogP) is 4.73. The van der Waals surface area contributed by atoms with E-state index in [1.807, 2.05) is 25.1 Å². The molecule has 1 amide bonds. The Hall–Kier alpha value is -2.91. The van der Waals surface area contributed by atoms with E-state index >= 15 is 0 Å². The highest BCUT2D eigenvalue weighted by Gasteiger charge is 2.41. The van der Waals surface area contributed by atoms with Crippen molar-refractivity contribution < 1.29 is 18.3 Å². The molecule has 1 aromatic carbocycles. The first-order chi connectivity index (χ1) is 15.9. The number of nitrogens with one attached hydrogen (secondary N) is 2. The number of nitrogens with zero attached hydrogens (tertiary/aromatic N) is 2. The summed E-state index contributed by atoms with van der Waals surface area (Å²) in [5, 5.41) is 11.5. The van der Waals surface area contributed by atoms with Gasteiger partial charge in [-0.15, -0.1) is 0 Å². The maximum absolute atomic E-state index is 12.9. The molecule has 34 heavy (non-hydrogen) atoms. The van der Waals surface area contributed by atoms with Crippen LogP contribution in [0.3, 0.4) is 0 Å². The van der Waals surface area contributed by atoms with Gasteiger partial charge in [-0.25, -0.2) is 22.9 Å². The van der Waals surface area contributed by atoms with Crippen LogP contribution in [0.15, 0.2) is 41.4 Å². The maximum Gasteiger partial charge on any atom is 0.407 e. The Morgan fingerprint density at radius 3 is 2.65 bits per heavy atom. The average molecular weight is 483 g/mol. The lowest BCUT2D eigenvalue weighted by molar-refractivity contribution is 0.0884. The SMILES string of the molecule is CC1(NS(=O)(=O)c2ccc3c(c2)[nH]c2nccc(C4=CCN(C(=O)O)C(C(C)(C)C)C4)c23)CC1. The molecule has 3 heterocycles. The number of hydrogen-bond donors (Lipinski definition) is 3. The molecule has 1 unspecified atom stereocenters. The van der Waals surface area contributed by atoms with Crippen molar-refractivity contribution in [3.8, 4) is 0 Å². The van der Waals surface area contributed by atoms with Crippen LogP contribution in [0.2, 0.25) is 0 Å². The number of H-pyrrole nitrogens is 1. The predicted molar refractivity (Wildman–Crippen MR) is 132 cm³/mol. The van der Waals surface area contributed by atoms with E-state index in [2.05, 4.69) is 35.5 Å². The molecule has 8 nitrogen and oxygen atoms in total. The van der Waals surface area contributed by atoms with Crippen molar-refractivity contribution in [3.63, 3.8) is 0 Å². The highest BCUT2D eigenvalue weighted by molar-refractivity contribution is 7.89. The Kier molecular flexibility index (Phi) is 5.07. The number of amides is 1. The van der Waals surface area contributed by atoms with Gasteiger partial charge >= 0.3 is 6.09 Å². The van der Waals surface area contributed by atoms with Gasteiger partial charge in [0.25, 0.3) is 0 Å². The fraction of sp³-hybridized carbons (Fsp3) is 0.440. The minimum Gasteiger partial charge on any atom is -0.465 e. The summed E-state index contributed by atoms with van der Waals surface area (Å²) in [6.45, 7) is 8.41. The van der Waals surface area contributed by atoms with Gasteiger partial charge in [0.1, 0.15) is 5.65 Å². The van der Waals surface area contributed by atoms with Gasteiger partial charge in [0.05, 0.1) is 4.90 Å². The largest absolute Gasteiger partial charge is 0.465 e. The van der Waals surface area contributed by atoms with Crippen LogP contribution < -0.4 is 4.72 Å². The fourth-order valence-corrected chi connectivity index (χ4v) is 6.34. The molecule has 3 N–H and O–H groups in total. The summed E-state index contributed by atoms with van der Waals surface area (Å²) >= 11 is 0. The van der Waals surface area contributed by atoms with Gasteiger partial charge in [-0.1, -0.05) is 32.9 Å². The lowest BCUT2D eigenvalue weighted by Crippen LogP contribution is -2.48. The molecule has 1 saturated carbocycles. The second-order valence-electron chi connectivity index (χ2n) is 10.8. The van der Waals surface area contributed by atoms with Gasteiger partial charge < -0.3 is 15.0 Å². The monoisotopic (exact) mass is 482 g/mol. The smallest absolute Gasteiger partial charge is 0.407 e. The van der Waals surface area contributed by atoms with Gasteiger partial charge in [-0.05, 0) is 60.9 Å². The lowest BCUT2D eigenvalue weighted by atomic mass is 9.78. The second kappa shape index (κ2) is 7.55. The zero-order valence-corrected chi connectivity index (χ0v) is 20.7. The summed E-state index contributed by atoms with van der Waals surface area (Å²) < 4.78 is 28.5. The van der Waals surface area contributed by atoms with Crippen molar-refractivity contribution in [2.75, 3.05) is 6.54 Å². The standard InChI is InChI=1S/C25H30N4O4S/c1-24(2,3)20-13-15(8-12-29(20)23(30)31)17-7-11-26-22-21(17)18-6-5-16(14-19(18)27-22)34(32,33)28-25(4)9-10-25/h5-8,11,14,20,28H,9-10,12-13H2,1-4H3,(H,26,27)(H,30,31). The van der Waals surface area contributed by atoms with E-state index in [-0.39, 0.29) is 21.9 Å². The average Bonchev–Trinajstić information content (AvgIpc) is 3.35. The number of aromatic nitrogens is 2. The van der Waals surface area contributed by atoms with Crippen LogP contribution >= 0.6 is 0 Å². The Morgan fingerprint density at radius 2 is 2.00 bits per heavy atom. The number of benzene rings is 1. The molecule has 0 radical (unpaired) electrons. The quantitative estimate of drug-likeness (QED) is 0.497. The third-order valence-corrected chi connectivity index (χ3v) is 8.71. The number of pyridine rings is 1. The number of rotatable bonds is 4. The third-order valence-electron chi connectivity index (χ3n) is 7.07. The minimum atomic E-state index is -3.62. The molecule has 5 rings (SSSR count). The van der Waals surface area contributed by atoms with Gasteiger partial charge in [-0.3, -0.25) is 0 Å². The summed E-state index contributed by atoms with van der Waals surface area (Å²) in [5.41, 5.74) is 2.89. The van der Waals surface area contributed by atoms with Crippen molar-refractivity contribution in [2.24, 2.45) is 5.41 Å². The Balaban J connectivity index is 1.59. The number of sulfonamides is 1. The van der Waals surface area contributed by atoms with Crippen molar-refractivity contribution in [1.29, 1.82) is 0 Å². The van der Waals surface area contributed by atoms with Crippen molar-refractivity contribution in [1.82, 2.24) is 19.6 Å². The molecule has 0 spiro atoms. The topological polar surface area (TPSA) is 115 Å². The molecule has 1 fully saturated rings. The fourth-order valence-electron chi connectivity index (χ4n) is 4.85. The molecule has 1 aliphatic carbocycles. The van der Waals surface area contributed by atoms with Crippen LogP contribution in [0.25, 0.3) is 27.5 Å². The minimum absolute atomic E-state index is 0.162. The second-order valence-corrected chi connectivity index (χ2v) is 12.5. The summed E-state index contributed by atoms with van der Waals surface area (Å²) in [4.78, 5) is 21.3. The van der Waals surface area contributed by atoms with E-state index in [1.54, 1.807) is 18.3 Å². The van der Waals surface area contributed by atoms with Crippen molar-refractivity contribution in [2.45, 2.75) is 63.4 Å². The molecule has 2 aliphatic rings. The molecule has 1 aliphatic heterocycles. The lowest BCUT2D eigenvalue weighted by Gasteiger charge is -2.41. The summed E-state index contributed by atoms with van der Waals surface area (Å²) in [6, 6.07) is 6.92. The van der Waals surface area contributed by atoms with Crippen LogP contribution in [0, 0.1) is 5.41 Å². The number of carboxylic acid groups (broad SMARTS) is 1. The molecule has 1 atom stereocenters. The summed E-state index contributed by atoms with van der Waals surface area (Å²) in [5.74, 6) is 0. The van der Waals surface area contributed by atoms with E-state index in [4.69, 9.17) is 0 Å². The Morgan fingerprint density at radius 1 is 1.26 bits per heavy atom. The Bertz CT molecular complexity index is 1440. The first-order valence-corrected chi connectivity index (χ1v) is 13.0.